The zero-order valence-electron chi connectivity index (χ0n) is 13.3. The predicted octanol–water partition coefficient (Wildman–Crippen LogP) is 4.07. The van der Waals surface area contributed by atoms with Crippen LogP contribution in [0.2, 0.25) is 5.02 Å². The summed E-state index contributed by atoms with van der Waals surface area (Å²) in [7, 11) is 1.89. The van der Waals surface area contributed by atoms with Gasteiger partial charge in [-0.2, -0.15) is 0 Å². The quantitative estimate of drug-likeness (QED) is 0.444. The highest BCUT2D eigenvalue weighted by Gasteiger charge is 2.57. The third kappa shape index (κ3) is 4.41. The van der Waals surface area contributed by atoms with Crippen LogP contribution in [0.5, 0.6) is 0 Å². The molecule has 0 amide bonds. The molecule has 1 saturated carbocycles. The number of nitrogens with zero attached hydrogens (tertiary/aromatic N) is 2. The van der Waals surface area contributed by atoms with Gasteiger partial charge in [0.25, 0.3) is 5.92 Å². The van der Waals surface area contributed by atoms with E-state index in [0.717, 1.165) is 12.1 Å². The molecule has 0 bridgehead atoms. The molecule has 1 aliphatic rings. The van der Waals surface area contributed by atoms with E-state index < -0.39 is 17.8 Å². The minimum Gasteiger partial charge on any atom is -0.462 e. The molecule has 1 atom stereocenters. The van der Waals surface area contributed by atoms with Crippen molar-refractivity contribution in [2.45, 2.75) is 26.2 Å². The number of alkyl halides is 2. The number of rotatable bonds is 6. The van der Waals surface area contributed by atoms with Crippen molar-refractivity contribution in [1.29, 1.82) is 0 Å². The lowest BCUT2D eigenvalue weighted by atomic mass is 10.1. The lowest BCUT2D eigenvalue weighted by molar-refractivity contribution is 0.0368. The highest BCUT2D eigenvalue weighted by molar-refractivity contribution is 6.33. The van der Waals surface area contributed by atoms with Gasteiger partial charge in [0.2, 0.25) is 0 Å². The number of hydrogen-bond acceptors (Lipinski definition) is 3. The Bertz CT molecular complexity index is 635. The van der Waals surface area contributed by atoms with Gasteiger partial charge < -0.3 is 9.64 Å². The minimum atomic E-state index is -2.70. The Kier molecular flexibility index (Phi) is 5.24. The van der Waals surface area contributed by atoms with Gasteiger partial charge in [0.1, 0.15) is 6.61 Å². The summed E-state index contributed by atoms with van der Waals surface area (Å²) in [5, 5.41) is 0.189. The van der Waals surface area contributed by atoms with Crippen molar-refractivity contribution in [2.24, 2.45) is 10.9 Å². The Morgan fingerprint density at radius 1 is 1.57 bits per heavy atom. The maximum Gasteiger partial charge on any atom is 0.339 e. The summed E-state index contributed by atoms with van der Waals surface area (Å²) in [5.74, 6) is -4.27. The van der Waals surface area contributed by atoms with Gasteiger partial charge in [-0.1, -0.05) is 11.6 Å². The van der Waals surface area contributed by atoms with Crippen LogP contribution < -0.4 is 0 Å². The van der Waals surface area contributed by atoms with Gasteiger partial charge in [-0.25, -0.2) is 18.6 Å². The molecule has 1 aromatic rings. The lowest BCUT2D eigenvalue weighted by Crippen LogP contribution is -2.14. The van der Waals surface area contributed by atoms with Crippen LogP contribution >= 0.6 is 11.6 Å². The van der Waals surface area contributed by atoms with Crippen molar-refractivity contribution in [3.63, 3.8) is 0 Å². The molecule has 1 aromatic carbocycles. The SMILES string of the molecule is CCN(C)C=Nc1cc(Cl)c(C(=O)OCC2CC2(F)F)cc1C. The molecule has 0 N–H and O–H groups in total. The summed E-state index contributed by atoms with van der Waals surface area (Å²) in [5.41, 5.74) is 1.55. The fourth-order valence-corrected chi connectivity index (χ4v) is 2.15. The summed E-state index contributed by atoms with van der Waals surface area (Å²) in [6.07, 6.45) is 1.44. The zero-order chi connectivity index (χ0) is 17.2. The molecular weight excluding hydrogens is 326 g/mol. The number of carbonyl (C=O) groups excluding carboxylic acids is 1. The first kappa shape index (κ1) is 17.7. The molecule has 1 aliphatic carbocycles. The van der Waals surface area contributed by atoms with Gasteiger partial charge in [0, 0.05) is 20.0 Å². The van der Waals surface area contributed by atoms with E-state index in [1.54, 1.807) is 25.4 Å². The van der Waals surface area contributed by atoms with E-state index in [2.05, 4.69) is 4.99 Å². The van der Waals surface area contributed by atoms with Crippen LogP contribution in [0.1, 0.15) is 29.3 Å². The van der Waals surface area contributed by atoms with E-state index in [-0.39, 0.29) is 23.6 Å². The first-order valence-electron chi connectivity index (χ1n) is 7.34. The largest absolute Gasteiger partial charge is 0.462 e. The van der Waals surface area contributed by atoms with Crippen LogP contribution in [-0.4, -0.2) is 43.3 Å². The molecule has 1 fully saturated rings. The first-order valence-corrected chi connectivity index (χ1v) is 7.72. The maximum absolute atomic E-state index is 12.8. The summed E-state index contributed by atoms with van der Waals surface area (Å²) in [4.78, 5) is 18.2. The predicted molar refractivity (Wildman–Crippen MR) is 86.0 cm³/mol. The average molecular weight is 345 g/mol. The number of esters is 1. The summed E-state index contributed by atoms with van der Waals surface area (Å²) in [6, 6.07) is 3.13. The fraction of sp³-hybridized carbons (Fsp3) is 0.500. The van der Waals surface area contributed by atoms with Crippen LogP contribution in [0.15, 0.2) is 17.1 Å². The third-order valence-corrected chi connectivity index (χ3v) is 4.08. The van der Waals surface area contributed by atoms with Crippen LogP contribution in [-0.2, 0) is 4.74 Å². The Morgan fingerprint density at radius 2 is 2.22 bits per heavy atom. The molecule has 4 nitrogen and oxygen atoms in total. The number of aliphatic imine (C=N–C) groups is 1. The van der Waals surface area contributed by atoms with Crippen molar-refractivity contribution >= 4 is 29.6 Å². The van der Waals surface area contributed by atoms with Gasteiger partial charge in [0.05, 0.1) is 28.5 Å². The van der Waals surface area contributed by atoms with E-state index in [1.165, 1.54) is 0 Å². The molecule has 0 spiro atoms. The first-order chi connectivity index (χ1) is 10.7. The maximum atomic E-state index is 12.8. The van der Waals surface area contributed by atoms with Crippen molar-refractivity contribution in [1.82, 2.24) is 4.90 Å². The average Bonchev–Trinajstić information content (AvgIpc) is 3.12. The van der Waals surface area contributed by atoms with E-state index >= 15 is 0 Å². The third-order valence-electron chi connectivity index (χ3n) is 3.77. The highest BCUT2D eigenvalue weighted by Crippen LogP contribution is 2.48. The van der Waals surface area contributed by atoms with Gasteiger partial charge in [-0.05, 0) is 31.5 Å². The second-order valence-corrected chi connectivity index (χ2v) is 6.10. The standard InChI is InChI=1S/C16H19ClF2N2O2/c1-4-21(3)9-20-14-6-13(17)12(5-10(14)2)15(22)23-8-11-7-16(11,18)19/h5-6,9,11H,4,7-8H2,1-3H3. The van der Waals surface area contributed by atoms with Crippen molar-refractivity contribution in [2.75, 3.05) is 20.2 Å². The van der Waals surface area contributed by atoms with Gasteiger partial charge >= 0.3 is 5.97 Å². The number of hydrogen-bond donors (Lipinski definition) is 0. The number of ether oxygens (including phenoxy) is 1. The molecule has 126 valence electrons. The number of halogens is 3. The molecule has 0 aromatic heterocycles. The highest BCUT2D eigenvalue weighted by atomic mass is 35.5. The fourth-order valence-electron chi connectivity index (χ4n) is 1.91. The zero-order valence-corrected chi connectivity index (χ0v) is 14.0. The second kappa shape index (κ2) is 6.83. The smallest absolute Gasteiger partial charge is 0.339 e. The molecule has 1 unspecified atom stereocenters. The van der Waals surface area contributed by atoms with E-state index in [1.807, 2.05) is 18.9 Å². The summed E-state index contributed by atoms with van der Waals surface area (Å²) < 4.78 is 30.5. The normalized spacial score (nSPS) is 19.0. The minimum absolute atomic E-state index is 0.163. The number of benzene rings is 1. The Morgan fingerprint density at radius 3 is 2.78 bits per heavy atom. The number of aryl methyl sites for hydroxylation is 1. The van der Waals surface area contributed by atoms with Crippen molar-refractivity contribution < 1.29 is 18.3 Å². The van der Waals surface area contributed by atoms with Crippen LogP contribution in [0.3, 0.4) is 0 Å². The van der Waals surface area contributed by atoms with Crippen LogP contribution in [0.4, 0.5) is 14.5 Å². The van der Waals surface area contributed by atoms with E-state index in [9.17, 15) is 13.6 Å². The monoisotopic (exact) mass is 344 g/mol. The van der Waals surface area contributed by atoms with Gasteiger partial charge in [-0.3, -0.25) is 0 Å². The molecule has 0 heterocycles. The Labute approximate surface area is 139 Å². The number of carbonyl (C=O) groups is 1. The summed E-state index contributed by atoms with van der Waals surface area (Å²) >= 11 is 6.10. The Hall–Kier alpha value is -1.69. The van der Waals surface area contributed by atoms with Gasteiger partial charge in [-0.15, -0.1) is 0 Å². The summed E-state index contributed by atoms with van der Waals surface area (Å²) in [6.45, 7) is 4.31. The molecule has 0 aliphatic heterocycles. The lowest BCUT2D eigenvalue weighted by Gasteiger charge is -2.11. The van der Waals surface area contributed by atoms with E-state index in [0.29, 0.717) is 5.69 Å². The molecule has 0 radical (unpaired) electrons. The second-order valence-electron chi connectivity index (χ2n) is 5.70. The molecule has 23 heavy (non-hydrogen) atoms. The van der Waals surface area contributed by atoms with Crippen molar-refractivity contribution in [3.05, 3.63) is 28.3 Å². The van der Waals surface area contributed by atoms with Crippen LogP contribution in [0.25, 0.3) is 0 Å². The molecule has 0 saturated heterocycles. The molecule has 2 rings (SSSR count). The Balaban J connectivity index is 2.06. The molecule has 7 heteroatoms. The van der Waals surface area contributed by atoms with Crippen molar-refractivity contribution in [3.8, 4) is 0 Å². The van der Waals surface area contributed by atoms with E-state index in [4.69, 9.17) is 16.3 Å². The van der Waals surface area contributed by atoms with Crippen LogP contribution in [0, 0.1) is 12.8 Å². The topological polar surface area (TPSA) is 41.9 Å². The van der Waals surface area contributed by atoms with Gasteiger partial charge in [0.15, 0.2) is 0 Å². The molecular formula is C16H19ClF2N2O2.